The van der Waals surface area contributed by atoms with Crippen LogP contribution in [-0.4, -0.2) is 41.9 Å². The number of alkyl halides is 9. The van der Waals surface area contributed by atoms with Crippen LogP contribution in [0.5, 0.6) is 0 Å². The molecular weight excluding hydrogens is 539 g/mol. The fraction of sp³-hybridized carbons (Fsp3) is 1.00. The van der Waals surface area contributed by atoms with Crippen molar-refractivity contribution in [2.24, 2.45) is 46.3 Å². The van der Waals surface area contributed by atoms with Crippen molar-refractivity contribution < 1.29 is 49.4 Å². The minimum atomic E-state index is -6.69. The first-order valence-electron chi connectivity index (χ1n) is 14.3. The van der Waals surface area contributed by atoms with Crippen molar-refractivity contribution in [3.05, 3.63) is 0 Å². The minimum Gasteiger partial charge on any atom is -0.393 e. The zero-order valence-electron chi connectivity index (χ0n) is 22.8. The molecule has 0 aromatic carbocycles. The summed E-state index contributed by atoms with van der Waals surface area (Å²) in [5.74, 6) is 2.31. The van der Waals surface area contributed by atoms with E-state index in [1.807, 2.05) is 6.92 Å². The number of hydrogen-bond acceptors (Lipinski definition) is 2. The number of halogens is 9. The fourth-order valence-corrected chi connectivity index (χ4v) is 9.77. The normalized spacial score (nSPS) is 40.5. The van der Waals surface area contributed by atoms with Gasteiger partial charge >= 0.3 is 24.1 Å². The molecule has 39 heavy (non-hydrogen) atoms. The van der Waals surface area contributed by atoms with E-state index < -0.39 is 30.7 Å². The molecule has 11 heteroatoms. The molecule has 2 nitrogen and oxygen atoms in total. The van der Waals surface area contributed by atoms with E-state index in [1.165, 1.54) is 0 Å². The number of fused-ring (bicyclic) bond motifs is 5. The van der Waals surface area contributed by atoms with Crippen molar-refractivity contribution in [3.8, 4) is 0 Å². The van der Waals surface area contributed by atoms with Crippen LogP contribution in [0.25, 0.3) is 0 Å². The molecule has 0 amide bonds. The average Bonchev–Trinajstić information content (AvgIpc) is 3.14. The van der Waals surface area contributed by atoms with E-state index in [1.54, 1.807) is 0 Å². The zero-order chi connectivity index (χ0) is 29.2. The van der Waals surface area contributed by atoms with Crippen LogP contribution in [0.1, 0.15) is 91.4 Å². The third-order valence-electron chi connectivity index (χ3n) is 11.7. The van der Waals surface area contributed by atoms with Gasteiger partial charge in [0.2, 0.25) is 0 Å². The van der Waals surface area contributed by atoms with Crippen LogP contribution < -0.4 is 0 Å². The summed E-state index contributed by atoms with van der Waals surface area (Å²) in [5, 5.41) is 10.2. The minimum absolute atomic E-state index is 0.00746. The summed E-state index contributed by atoms with van der Waals surface area (Å²) in [6.45, 7) is 5.28. The van der Waals surface area contributed by atoms with Crippen LogP contribution in [0.3, 0.4) is 0 Å². The van der Waals surface area contributed by atoms with Crippen molar-refractivity contribution in [1.29, 1.82) is 0 Å². The second-order valence-electron chi connectivity index (χ2n) is 13.5. The standard InChI is InChI=1S/C28H41F9O2/c1-16(5-4-14-39-25(26(29,30)31,27(32,33)34)28(35,36)37)20-8-9-21-19-7-6-17-15-18(38)10-12-23(17,2)22(19)11-13-24(20,21)3/h16-22,38H,4-15H2,1-3H3/t16-,17-,18-,19+,20-,21+,22+,23+,24-/m1/s1. The molecule has 0 saturated heterocycles. The summed E-state index contributed by atoms with van der Waals surface area (Å²) in [6, 6.07) is 0. The second-order valence-corrected chi connectivity index (χ2v) is 13.5. The molecule has 0 unspecified atom stereocenters. The lowest BCUT2D eigenvalue weighted by atomic mass is 9.44. The maximum atomic E-state index is 13.1. The van der Waals surface area contributed by atoms with Crippen molar-refractivity contribution in [2.45, 2.75) is 122 Å². The lowest BCUT2D eigenvalue weighted by molar-refractivity contribution is -0.457. The summed E-state index contributed by atoms with van der Waals surface area (Å²) < 4.78 is 122. The monoisotopic (exact) mass is 580 g/mol. The molecule has 1 N–H and O–H groups in total. The number of rotatable bonds is 6. The SMILES string of the molecule is C[C@H](CCCOC(C(F)(F)F)(C(F)(F)F)C(F)(F)F)[C@H]1CC[C@H]2[C@@H]3CC[C@@H]4C[C@H](O)CC[C@]4(C)[C@H]3CC[C@]12C. The lowest BCUT2D eigenvalue weighted by Gasteiger charge is -2.61. The van der Waals surface area contributed by atoms with E-state index in [0.29, 0.717) is 23.7 Å². The largest absolute Gasteiger partial charge is 0.435 e. The molecule has 228 valence electrons. The van der Waals surface area contributed by atoms with E-state index >= 15 is 0 Å². The van der Waals surface area contributed by atoms with Crippen LogP contribution in [0.15, 0.2) is 0 Å². The summed E-state index contributed by atoms with van der Waals surface area (Å²) in [4.78, 5) is 0. The van der Waals surface area contributed by atoms with Gasteiger partial charge in [-0.25, -0.2) is 0 Å². The Bertz CT molecular complexity index is 833. The topological polar surface area (TPSA) is 29.5 Å². The third kappa shape index (κ3) is 5.01. The summed E-state index contributed by atoms with van der Waals surface area (Å²) in [5.41, 5.74) is -5.98. The first-order valence-corrected chi connectivity index (χ1v) is 14.3. The Morgan fingerprint density at radius 2 is 1.33 bits per heavy atom. The van der Waals surface area contributed by atoms with Gasteiger partial charge in [0, 0.05) is 6.61 Å². The summed E-state index contributed by atoms with van der Waals surface area (Å²) >= 11 is 0. The van der Waals surface area contributed by atoms with Crippen LogP contribution in [0.2, 0.25) is 0 Å². The summed E-state index contributed by atoms with van der Waals surface area (Å²) in [6.07, 6.45) is -11.5. The molecule has 0 aliphatic heterocycles. The number of aliphatic hydroxyl groups is 1. The molecule has 0 bridgehead atoms. The maximum Gasteiger partial charge on any atom is 0.435 e. The average molecular weight is 581 g/mol. The Kier molecular flexibility index (Phi) is 8.19. The van der Waals surface area contributed by atoms with Gasteiger partial charge in [-0.2, -0.15) is 39.5 Å². The van der Waals surface area contributed by atoms with Gasteiger partial charge in [-0.15, -0.1) is 0 Å². The Balaban J connectivity index is 1.40. The van der Waals surface area contributed by atoms with E-state index in [-0.39, 0.29) is 41.6 Å². The molecule has 4 rings (SSSR count). The quantitative estimate of drug-likeness (QED) is 0.251. The van der Waals surface area contributed by atoms with Crippen LogP contribution in [-0.2, 0) is 4.74 Å². The molecule has 4 aliphatic rings. The van der Waals surface area contributed by atoms with Gasteiger partial charge in [-0.05, 0) is 117 Å². The van der Waals surface area contributed by atoms with Crippen LogP contribution >= 0.6 is 0 Å². The van der Waals surface area contributed by atoms with Crippen molar-refractivity contribution in [1.82, 2.24) is 0 Å². The van der Waals surface area contributed by atoms with Gasteiger partial charge in [0.15, 0.2) is 0 Å². The number of ether oxygens (including phenoxy) is 1. The molecule has 0 aromatic rings. The van der Waals surface area contributed by atoms with Gasteiger partial charge in [0.25, 0.3) is 0 Å². The molecule has 4 aliphatic carbocycles. The lowest BCUT2D eigenvalue weighted by Crippen LogP contribution is -2.67. The number of hydrogen-bond donors (Lipinski definition) is 1. The van der Waals surface area contributed by atoms with E-state index in [9.17, 15) is 44.6 Å². The van der Waals surface area contributed by atoms with Gasteiger partial charge in [0.1, 0.15) is 0 Å². The molecular formula is C28H41F9O2. The molecule has 0 spiro atoms. The van der Waals surface area contributed by atoms with Gasteiger partial charge in [-0.1, -0.05) is 20.8 Å². The van der Waals surface area contributed by atoms with Gasteiger partial charge in [0.05, 0.1) is 6.10 Å². The highest BCUT2D eigenvalue weighted by Crippen LogP contribution is 2.68. The summed E-state index contributed by atoms with van der Waals surface area (Å²) in [7, 11) is 0. The predicted molar refractivity (Wildman–Crippen MR) is 126 cm³/mol. The van der Waals surface area contributed by atoms with Crippen molar-refractivity contribution in [3.63, 3.8) is 0 Å². The van der Waals surface area contributed by atoms with Gasteiger partial charge < -0.3 is 9.84 Å². The number of aliphatic hydroxyl groups excluding tert-OH is 1. The highest BCUT2D eigenvalue weighted by atomic mass is 19.4. The Hall–Kier alpha value is -0.710. The smallest absolute Gasteiger partial charge is 0.393 e. The molecule has 4 saturated carbocycles. The zero-order valence-corrected chi connectivity index (χ0v) is 22.8. The molecule has 0 heterocycles. The second kappa shape index (κ2) is 10.2. The van der Waals surface area contributed by atoms with Crippen molar-refractivity contribution >= 4 is 0 Å². The van der Waals surface area contributed by atoms with Crippen molar-refractivity contribution in [2.75, 3.05) is 6.61 Å². The molecule has 9 atom stereocenters. The first-order chi connectivity index (χ1) is 17.8. The Labute approximate surface area is 224 Å². The van der Waals surface area contributed by atoms with Crippen LogP contribution in [0, 0.1) is 46.3 Å². The van der Waals surface area contributed by atoms with Crippen LogP contribution in [0.4, 0.5) is 39.5 Å². The van der Waals surface area contributed by atoms with Gasteiger partial charge in [-0.3, -0.25) is 0 Å². The molecule has 4 fully saturated rings. The fourth-order valence-electron chi connectivity index (χ4n) is 9.77. The Morgan fingerprint density at radius 1 is 0.769 bits per heavy atom. The highest BCUT2D eigenvalue weighted by Gasteiger charge is 2.85. The molecule has 0 radical (unpaired) electrons. The maximum absolute atomic E-state index is 13.1. The highest BCUT2D eigenvalue weighted by molar-refractivity contribution is 5.10. The third-order valence-corrected chi connectivity index (χ3v) is 11.7. The van der Waals surface area contributed by atoms with E-state index in [0.717, 1.165) is 57.8 Å². The van der Waals surface area contributed by atoms with E-state index in [4.69, 9.17) is 0 Å². The molecule has 0 aromatic heterocycles. The van der Waals surface area contributed by atoms with E-state index in [2.05, 4.69) is 18.6 Å². The first kappa shape index (κ1) is 31.2. The Morgan fingerprint density at radius 3 is 1.92 bits per heavy atom. The predicted octanol–water partition coefficient (Wildman–Crippen LogP) is 8.86.